The first-order chi connectivity index (χ1) is 13.1. The quantitative estimate of drug-likeness (QED) is 0.795. The minimum Gasteiger partial charge on any atom is -0.370 e. The maximum absolute atomic E-state index is 11.7. The molecule has 8 nitrogen and oxygen atoms in total. The molecule has 2 aromatic rings. The summed E-state index contributed by atoms with van der Waals surface area (Å²) in [7, 11) is 3.41. The Balaban J connectivity index is 1.37. The molecule has 2 aliphatic heterocycles. The van der Waals surface area contributed by atoms with Gasteiger partial charge in [-0.2, -0.15) is 0 Å². The molecule has 27 heavy (non-hydrogen) atoms. The van der Waals surface area contributed by atoms with Crippen LogP contribution >= 0.6 is 11.3 Å². The van der Waals surface area contributed by atoms with Gasteiger partial charge in [0.2, 0.25) is 11.9 Å². The summed E-state index contributed by atoms with van der Waals surface area (Å²) in [5.74, 6) is 0.468. The Morgan fingerprint density at radius 2 is 2.19 bits per heavy atom. The number of fused-ring (bicyclic) bond motifs is 1. The molecule has 0 saturated carbocycles. The first kappa shape index (κ1) is 18.3. The van der Waals surface area contributed by atoms with Gasteiger partial charge in [-0.1, -0.05) is 6.07 Å². The lowest BCUT2D eigenvalue weighted by Gasteiger charge is -2.18. The van der Waals surface area contributed by atoms with E-state index in [1.54, 1.807) is 31.6 Å². The number of aromatic nitrogens is 2. The summed E-state index contributed by atoms with van der Waals surface area (Å²) in [6.07, 6.45) is 1.15. The summed E-state index contributed by atoms with van der Waals surface area (Å²) in [5.41, 5.74) is 0.883. The third-order valence-corrected chi connectivity index (χ3v) is 5.56. The van der Waals surface area contributed by atoms with Gasteiger partial charge in [-0.3, -0.25) is 4.79 Å². The van der Waals surface area contributed by atoms with E-state index in [4.69, 9.17) is 14.2 Å². The van der Waals surface area contributed by atoms with Crippen LogP contribution in [0.2, 0.25) is 0 Å². The zero-order valence-corrected chi connectivity index (χ0v) is 16.0. The maximum atomic E-state index is 11.7. The van der Waals surface area contributed by atoms with Gasteiger partial charge in [0, 0.05) is 20.3 Å². The molecule has 0 bridgehead atoms. The average Bonchev–Trinajstić information content (AvgIpc) is 3.39. The summed E-state index contributed by atoms with van der Waals surface area (Å²) in [6, 6.07) is 5.86. The summed E-state index contributed by atoms with van der Waals surface area (Å²) in [4.78, 5) is 23.2. The highest BCUT2D eigenvalue weighted by atomic mass is 32.1. The summed E-state index contributed by atoms with van der Waals surface area (Å²) in [5, 5.41) is 5.34. The standard InChI is InChI=1S/C18H22N4O4S/c1-22(2)15(23)10-24-13-9-26-16-12(8-25-17(13)16)21-18-19-6-5-11(20-18)14-4-3-7-27-14/h3-7,12-13,16-17H,8-10H2,1-2H3,(H,19,20,21)/t12-,13+,16+,17+/m0/s1. The molecule has 0 aromatic carbocycles. The van der Waals surface area contributed by atoms with Gasteiger partial charge >= 0.3 is 0 Å². The van der Waals surface area contributed by atoms with Crippen LogP contribution in [0.15, 0.2) is 29.8 Å². The molecule has 0 spiro atoms. The number of amides is 1. The minimum absolute atomic E-state index is 0.0255. The maximum Gasteiger partial charge on any atom is 0.248 e. The fourth-order valence-electron chi connectivity index (χ4n) is 3.19. The molecule has 2 fully saturated rings. The largest absolute Gasteiger partial charge is 0.370 e. The first-order valence-corrected chi connectivity index (χ1v) is 9.68. The fourth-order valence-corrected chi connectivity index (χ4v) is 3.89. The Kier molecular flexibility index (Phi) is 5.35. The van der Waals surface area contributed by atoms with Gasteiger partial charge in [-0.25, -0.2) is 9.97 Å². The van der Waals surface area contributed by atoms with Crippen molar-refractivity contribution in [2.24, 2.45) is 0 Å². The van der Waals surface area contributed by atoms with Crippen LogP contribution in [0.1, 0.15) is 0 Å². The molecule has 1 amide bonds. The number of nitrogens with one attached hydrogen (secondary N) is 1. The van der Waals surface area contributed by atoms with Crippen molar-refractivity contribution in [3.63, 3.8) is 0 Å². The van der Waals surface area contributed by atoms with E-state index < -0.39 is 0 Å². The van der Waals surface area contributed by atoms with E-state index >= 15 is 0 Å². The van der Waals surface area contributed by atoms with Gasteiger partial charge in [0.25, 0.3) is 0 Å². The highest BCUT2D eigenvalue weighted by Gasteiger charge is 2.48. The predicted molar refractivity (Wildman–Crippen MR) is 101 cm³/mol. The number of carbonyl (C=O) groups excluding carboxylic acids is 1. The molecule has 2 saturated heterocycles. The molecule has 4 rings (SSSR count). The Morgan fingerprint density at radius 3 is 2.96 bits per heavy atom. The molecule has 9 heteroatoms. The van der Waals surface area contributed by atoms with Gasteiger partial charge in [0.1, 0.15) is 24.9 Å². The van der Waals surface area contributed by atoms with Gasteiger partial charge in [-0.15, -0.1) is 11.3 Å². The lowest BCUT2D eigenvalue weighted by molar-refractivity contribution is -0.137. The van der Waals surface area contributed by atoms with Crippen molar-refractivity contribution < 1.29 is 19.0 Å². The second-order valence-electron chi connectivity index (χ2n) is 6.73. The summed E-state index contributed by atoms with van der Waals surface area (Å²) < 4.78 is 17.5. The molecule has 0 aliphatic carbocycles. The van der Waals surface area contributed by atoms with Gasteiger partial charge < -0.3 is 24.4 Å². The molecule has 4 heterocycles. The van der Waals surface area contributed by atoms with E-state index in [0.717, 1.165) is 10.6 Å². The number of hydrogen-bond acceptors (Lipinski definition) is 8. The highest BCUT2D eigenvalue weighted by molar-refractivity contribution is 7.13. The third-order valence-electron chi connectivity index (χ3n) is 4.67. The zero-order chi connectivity index (χ0) is 18.8. The molecule has 0 unspecified atom stereocenters. The SMILES string of the molecule is CN(C)C(=O)CO[C@@H]1CO[C@H]2[C@@H]1OC[C@@H]2Nc1nccc(-c2cccs2)n1. The van der Waals surface area contributed by atoms with E-state index in [-0.39, 0.29) is 36.9 Å². The minimum atomic E-state index is -0.246. The van der Waals surface area contributed by atoms with Crippen LogP contribution in [-0.4, -0.2) is 79.0 Å². The number of nitrogens with zero attached hydrogens (tertiary/aromatic N) is 3. The Bertz CT molecular complexity index is 785. The highest BCUT2D eigenvalue weighted by Crippen LogP contribution is 2.30. The molecule has 4 atom stereocenters. The fraction of sp³-hybridized carbons (Fsp3) is 0.500. The van der Waals surface area contributed by atoms with Crippen LogP contribution in [0, 0.1) is 0 Å². The molecular formula is C18H22N4O4S. The van der Waals surface area contributed by atoms with Gasteiger partial charge in [0.05, 0.1) is 29.8 Å². The number of anilines is 1. The van der Waals surface area contributed by atoms with E-state index in [1.165, 1.54) is 4.90 Å². The van der Waals surface area contributed by atoms with Crippen molar-refractivity contribution in [1.82, 2.24) is 14.9 Å². The number of thiophene rings is 1. The second kappa shape index (κ2) is 7.89. The Hall–Kier alpha value is -2.07. The van der Waals surface area contributed by atoms with E-state index in [1.807, 2.05) is 23.6 Å². The molecule has 2 aliphatic rings. The van der Waals surface area contributed by atoms with Crippen LogP contribution in [0.4, 0.5) is 5.95 Å². The average molecular weight is 390 g/mol. The number of likely N-dealkylation sites (N-methyl/N-ethyl adjacent to an activating group) is 1. The van der Waals surface area contributed by atoms with Crippen LogP contribution in [0.25, 0.3) is 10.6 Å². The Morgan fingerprint density at radius 1 is 1.33 bits per heavy atom. The van der Waals surface area contributed by atoms with Crippen LogP contribution in [0.5, 0.6) is 0 Å². The topological polar surface area (TPSA) is 85.8 Å². The van der Waals surface area contributed by atoms with Crippen LogP contribution in [-0.2, 0) is 19.0 Å². The molecular weight excluding hydrogens is 368 g/mol. The Labute approximate surface area is 161 Å². The van der Waals surface area contributed by atoms with E-state index in [2.05, 4.69) is 15.3 Å². The molecule has 144 valence electrons. The van der Waals surface area contributed by atoms with E-state index in [9.17, 15) is 4.79 Å². The lowest BCUT2D eigenvalue weighted by atomic mass is 10.1. The number of hydrogen-bond donors (Lipinski definition) is 1. The van der Waals surface area contributed by atoms with Crippen molar-refractivity contribution in [2.75, 3.05) is 39.2 Å². The molecule has 1 N–H and O–H groups in total. The van der Waals surface area contributed by atoms with Crippen molar-refractivity contribution >= 4 is 23.2 Å². The second-order valence-corrected chi connectivity index (χ2v) is 7.67. The van der Waals surface area contributed by atoms with Crippen molar-refractivity contribution in [1.29, 1.82) is 0 Å². The van der Waals surface area contributed by atoms with Gasteiger partial charge in [-0.05, 0) is 17.5 Å². The van der Waals surface area contributed by atoms with Crippen LogP contribution < -0.4 is 5.32 Å². The molecule has 0 radical (unpaired) electrons. The van der Waals surface area contributed by atoms with Crippen molar-refractivity contribution in [3.8, 4) is 10.6 Å². The van der Waals surface area contributed by atoms with Crippen LogP contribution in [0.3, 0.4) is 0 Å². The van der Waals surface area contributed by atoms with Crippen molar-refractivity contribution in [2.45, 2.75) is 24.4 Å². The van der Waals surface area contributed by atoms with Crippen molar-refractivity contribution in [3.05, 3.63) is 29.8 Å². The van der Waals surface area contributed by atoms with E-state index in [0.29, 0.717) is 19.2 Å². The monoisotopic (exact) mass is 390 g/mol. The number of ether oxygens (including phenoxy) is 3. The summed E-state index contributed by atoms with van der Waals surface area (Å²) in [6.45, 7) is 0.908. The first-order valence-electron chi connectivity index (χ1n) is 8.80. The lowest BCUT2D eigenvalue weighted by Crippen LogP contribution is -2.38. The summed E-state index contributed by atoms with van der Waals surface area (Å²) >= 11 is 1.64. The smallest absolute Gasteiger partial charge is 0.248 e. The zero-order valence-electron chi connectivity index (χ0n) is 15.2. The number of rotatable bonds is 6. The number of carbonyl (C=O) groups is 1. The normalized spacial score (nSPS) is 26.7. The van der Waals surface area contributed by atoms with Gasteiger partial charge in [0.15, 0.2) is 0 Å². The predicted octanol–water partition coefficient (Wildman–Crippen LogP) is 1.26. The molecule has 2 aromatic heterocycles. The third kappa shape index (κ3) is 3.96.